The first kappa shape index (κ1) is 13.0. The van der Waals surface area contributed by atoms with Crippen LogP contribution in [0.25, 0.3) is 0 Å². The first-order chi connectivity index (χ1) is 8.35. The van der Waals surface area contributed by atoms with E-state index in [1.54, 1.807) is 30.3 Å². The molecular formula is C12H15NO4S. The van der Waals surface area contributed by atoms with Crippen LogP contribution in [-0.4, -0.2) is 37.5 Å². The van der Waals surface area contributed by atoms with Crippen molar-refractivity contribution in [2.24, 2.45) is 11.1 Å². The minimum atomic E-state index is -3.45. The van der Waals surface area contributed by atoms with Crippen molar-refractivity contribution in [1.82, 2.24) is 0 Å². The average molecular weight is 269 g/mol. The smallest absolute Gasteiger partial charge is 0.312 e. The maximum atomic E-state index is 11.7. The molecule has 3 atom stereocenters. The average Bonchev–Trinajstić information content (AvgIpc) is 3.00. The number of sulfone groups is 1. The van der Waals surface area contributed by atoms with Crippen molar-refractivity contribution in [3.8, 4) is 0 Å². The number of carbonyl (C=O) groups is 1. The zero-order valence-corrected chi connectivity index (χ0v) is 10.7. The molecule has 1 saturated carbocycles. The number of carboxylic acid groups (broad SMARTS) is 1. The van der Waals surface area contributed by atoms with Crippen LogP contribution in [0, 0.1) is 5.41 Å². The Hall–Kier alpha value is -1.40. The van der Waals surface area contributed by atoms with E-state index >= 15 is 0 Å². The van der Waals surface area contributed by atoms with E-state index in [1.165, 1.54) is 0 Å². The molecule has 5 nitrogen and oxygen atoms in total. The van der Waals surface area contributed by atoms with E-state index in [9.17, 15) is 18.3 Å². The third-order valence-corrected chi connectivity index (χ3v) is 5.23. The van der Waals surface area contributed by atoms with Gasteiger partial charge in [0.15, 0.2) is 9.84 Å². The molecule has 1 aliphatic carbocycles. The topological polar surface area (TPSA) is 97.5 Å². The van der Waals surface area contributed by atoms with E-state index in [0.717, 1.165) is 6.26 Å². The van der Waals surface area contributed by atoms with E-state index < -0.39 is 32.4 Å². The summed E-state index contributed by atoms with van der Waals surface area (Å²) in [6.45, 7) is -0.181. The van der Waals surface area contributed by atoms with Crippen molar-refractivity contribution in [3.63, 3.8) is 0 Å². The van der Waals surface area contributed by atoms with Gasteiger partial charge in [-0.05, 0) is 5.56 Å². The Morgan fingerprint density at radius 2 is 1.94 bits per heavy atom. The van der Waals surface area contributed by atoms with Crippen molar-refractivity contribution in [2.45, 2.75) is 11.2 Å². The summed E-state index contributed by atoms with van der Waals surface area (Å²) in [7, 11) is -3.45. The van der Waals surface area contributed by atoms with Crippen LogP contribution >= 0.6 is 0 Å². The van der Waals surface area contributed by atoms with Crippen molar-refractivity contribution >= 4 is 15.8 Å². The minimum Gasteiger partial charge on any atom is -0.481 e. The molecule has 98 valence electrons. The lowest BCUT2D eigenvalue weighted by Gasteiger charge is -2.08. The van der Waals surface area contributed by atoms with Gasteiger partial charge in [0.25, 0.3) is 0 Å². The van der Waals surface area contributed by atoms with Crippen LogP contribution < -0.4 is 5.73 Å². The highest BCUT2D eigenvalue weighted by Crippen LogP contribution is 2.62. The molecule has 0 heterocycles. The molecule has 2 rings (SSSR count). The number of aliphatic carboxylic acids is 1. The summed E-state index contributed by atoms with van der Waals surface area (Å²) in [5.74, 6) is -1.70. The van der Waals surface area contributed by atoms with Gasteiger partial charge in [0, 0.05) is 18.7 Å². The van der Waals surface area contributed by atoms with Gasteiger partial charge in [0.05, 0.1) is 5.25 Å². The lowest BCUT2D eigenvalue weighted by molar-refractivity contribution is -0.143. The summed E-state index contributed by atoms with van der Waals surface area (Å²) >= 11 is 0. The summed E-state index contributed by atoms with van der Waals surface area (Å²) in [6.07, 6.45) is 1.06. The van der Waals surface area contributed by atoms with Crippen LogP contribution in [0.1, 0.15) is 11.5 Å². The zero-order valence-electron chi connectivity index (χ0n) is 9.91. The highest BCUT2D eigenvalue weighted by Gasteiger charge is 2.74. The Balaban J connectivity index is 2.51. The second-order valence-corrected chi connectivity index (χ2v) is 6.86. The predicted molar refractivity (Wildman–Crippen MR) is 66.9 cm³/mol. The monoisotopic (exact) mass is 269 g/mol. The van der Waals surface area contributed by atoms with Crippen molar-refractivity contribution < 1.29 is 18.3 Å². The third-order valence-electron chi connectivity index (χ3n) is 3.61. The summed E-state index contributed by atoms with van der Waals surface area (Å²) in [5, 5.41) is 8.39. The van der Waals surface area contributed by atoms with Gasteiger partial charge >= 0.3 is 5.97 Å². The third kappa shape index (κ3) is 1.72. The molecule has 18 heavy (non-hydrogen) atoms. The van der Waals surface area contributed by atoms with Crippen LogP contribution in [0.15, 0.2) is 30.3 Å². The lowest BCUT2D eigenvalue weighted by Crippen LogP contribution is -2.31. The number of nitrogens with two attached hydrogens (primary N) is 1. The van der Waals surface area contributed by atoms with Crippen LogP contribution in [0.3, 0.4) is 0 Å². The molecule has 0 spiro atoms. The molecule has 6 heteroatoms. The Bertz CT molecular complexity index is 569. The lowest BCUT2D eigenvalue weighted by atomic mass is 9.99. The number of rotatable bonds is 4. The van der Waals surface area contributed by atoms with Gasteiger partial charge in [-0.2, -0.15) is 0 Å². The molecule has 0 bridgehead atoms. The number of benzene rings is 1. The second kappa shape index (κ2) is 4.07. The molecule has 0 aliphatic heterocycles. The fraction of sp³-hybridized carbons (Fsp3) is 0.417. The predicted octanol–water partition coefficient (Wildman–Crippen LogP) is 0.227. The number of carboxylic acids is 1. The molecule has 1 aromatic carbocycles. The largest absolute Gasteiger partial charge is 0.481 e. The minimum absolute atomic E-state index is 0.181. The molecule has 0 aromatic heterocycles. The Morgan fingerprint density at radius 1 is 1.39 bits per heavy atom. The normalized spacial score (nSPS) is 31.0. The van der Waals surface area contributed by atoms with Crippen LogP contribution in [0.5, 0.6) is 0 Å². The fourth-order valence-electron chi connectivity index (χ4n) is 2.75. The van der Waals surface area contributed by atoms with Crippen LogP contribution in [-0.2, 0) is 14.6 Å². The van der Waals surface area contributed by atoms with Crippen molar-refractivity contribution in [2.75, 3.05) is 12.8 Å². The fourth-order valence-corrected chi connectivity index (χ4v) is 4.68. The van der Waals surface area contributed by atoms with E-state index in [2.05, 4.69) is 0 Å². The second-order valence-electron chi connectivity index (χ2n) is 4.69. The molecule has 0 amide bonds. The Labute approximate surface area is 106 Å². The molecule has 1 aromatic rings. The van der Waals surface area contributed by atoms with Crippen LogP contribution in [0.2, 0.25) is 0 Å². The van der Waals surface area contributed by atoms with Gasteiger partial charge in [-0.1, -0.05) is 30.3 Å². The maximum absolute atomic E-state index is 11.7. The molecular weight excluding hydrogens is 254 g/mol. The van der Waals surface area contributed by atoms with Crippen LogP contribution in [0.4, 0.5) is 0 Å². The van der Waals surface area contributed by atoms with E-state index in [4.69, 9.17) is 5.73 Å². The molecule has 0 radical (unpaired) electrons. The number of hydrogen-bond donors (Lipinski definition) is 2. The molecule has 0 saturated heterocycles. The maximum Gasteiger partial charge on any atom is 0.312 e. The molecule has 1 fully saturated rings. The quantitative estimate of drug-likeness (QED) is 0.815. The summed E-state index contributed by atoms with van der Waals surface area (Å²) in [6, 6.07) is 8.80. The van der Waals surface area contributed by atoms with Crippen molar-refractivity contribution in [1.29, 1.82) is 0 Å². The van der Waals surface area contributed by atoms with E-state index in [-0.39, 0.29) is 6.54 Å². The van der Waals surface area contributed by atoms with Gasteiger partial charge in [0.2, 0.25) is 0 Å². The summed E-state index contributed by atoms with van der Waals surface area (Å²) in [5.41, 5.74) is 4.87. The van der Waals surface area contributed by atoms with Gasteiger partial charge in [-0.3, -0.25) is 4.79 Å². The van der Waals surface area contributed by atoms with Gasteiger partial charge < -0.3 is 10.8 Å². The Morgan fingerprint density at radius 3 is 2.28 bits per heavy atom. The van der Waals surface area contributed by atoms with Gasteiger partial charge in [-0.25, -0.2) is 8.42 Å². The van der Waals surface area contributed by atoms with E-state index in [0.29, 0.717) is 5.56 Å². The van der Waals surface area contributed by atoms with Gasteiger partial charge in [-0.15, -0.1) is 0 Å². The standard InChI is InChI=1S/C12H15NO4S/c1-18(16,17)10-9(8-5-3-2-4-6-8)12(10,7-13)11(14)15/h2-6,9-10H,7,13H2,1H3,(H,14,15). The SMILES string of the molecule is CS(=O)(=O)C1C(c2ccccc2)C1(CN)C(=O)O. The first-order valence-electron chi connectivity index (χ1n) is 5.53. The van der Waals surface area contributed by atoms with Crippen molar-refractivity contribution in [3.05, 3.63) is 35.9 Å². The van der Waals surface area contributed by atoms with Gasteiger partial charge in [0.1, 0.15) is 5.41 Å². The summed E-state index contributed by atoms with van der Waals surface area (Å²) < 4.78 is 23.5. The Kier molecular flexibility index (Phi) is 2.95. The highest BCUT2D eigenvalue weighted by atomic mass is 32.2. The highest BCUT2D eigenvalue weighted by molar-refractivity contribution is 7.91. The molecule has 1 aliphatic rings. The first-order valence-corrected chi connectivity index (χ1v) is 7.48. The summed E-state index contributed by atoms with van der Waals surface area (Å²) in [4.78, 5) is 11.4. The zero-order chi connectivity index (χ0) is 13.6. The number of hydrogen-bond acceptors (Lipinski definition) is 4. The molecule has 3 unspecified atom stereocenters. The molecule has 3 N–H and O–H groups in total. The van der Waals surface area contributed by atoms with E-state index in [1.807, 2.05) is 0 Å².